The molecule has 0 saturated carbocycles. The van der Waals surface area contributed by atoms with Gasteiger partial charge in [-0.25, -0.2) is 9.37 Å². The molecule has 0 aliphatic carbocycles. The minimum Gasteiger partial charge on any atom is -0.356 e. The average Bonchev–Trinajstić information content (AvgIpc) is 2.76. The molecule has 1 heterocycles. The number of amides is 1. The minimum atomic E-state index is -0.251. The predicted octanol–water partition coefficient (Wildman–Crippen LogP) is 3.19. The molecule has 1 aromatic carbocycles. The first-order valence-corrected chi connectivity index (χ1v) is 7.80. The van der Waals surface area contributed by atoms with Crippen molar-refractivity contribution in [2.45, 2.75) is 33.1 Å². The van der Waals surface area contributed by atoms with Crippen LogP contribution in [0.5, 0.6) is 0 Å². The van der Waals surface area contributed by atoms with Crippen LogP contribution >= 0.6 is 11.3 Å². The average molecular weight is 306 g/mol. The molecule has 0 bridgehead atoms. The van der Waals surface area contributed by atoms with Gasteiger partial charge in [-0.3, -0.25) is 4.79 Å². The van der Waals surface area contributed by atoms with Gasteiger partial charge >= 0.3 is 0 Å². The molecule has 0 spiro atoms. The molecule has 112 valence electrons. The first-order valence-electron chi connectivity index (χ1n) is 6.98. The summed E-state index contributed by atoms with van der Waals surface area (Å²) in [6.45, 7) is 4.61. The van der Waals surface area contributed by atoms with Gasteiger partial charge in [0.05, 0.1) is 10.7 Å². The maximum atomic E-state index is 12.8. The van der Waals surface area contributed by atoms with E-state index < -0.39 is 0 Å². The zero-order valence-electron chi connectivity index (χ0n) is 12.3. The highest BCUT2D eigenvalue weighted by Crippen LogP contribution is 2.17. The molecule has 0 unspecified atom stereocenters. The van der Waals surface area contributed by atoms with Crippen molar-refractivity contribution in [1.29, 1.82) is 0 Å². The van der Waals surface area contributed by atoms with Crippen LogP contribution in [-0.4, -0.2) is 17.4 Å². The number of rotatable bonds is 6. The van der Waals surface area contributed by atoms with Gasteiger partial charge in [-0.2, -0.15) is 0 Å². The van der Waals surface area contributed by atoms with Crippen molar-refractivity contribution < 1.29 is 9.18 Å². The van der Waals surface area contributed by atoms with Crippen LogP contribution in [0.25, 0.3) is 0 Å². The van der Waals surface area contributed by atoms with Crippen LogP contribution in [0.1, 0.15) is 27.6 Å². The summed E-state index contributed by atoms with van der Waals surface area (Å²) in [5.74, 6) is -0.225. The highest BCUT2D eigenvalue weighted by molar-refractivity contribution is 7.11. The Morgan fingerprint density at radius 2 is 1.95 bits per heavy atom. The van der Waals surface area contributed by atoms with Crippen LogP contribution in [0, 0.1) is 19.7 Å². The predicted molar refractivity (Wildman–Crippen MR) is 83.0 cm³/mol. The topological polar surface area (TPSA) is 42.0 Å². The number of benzene rings is 1. The molecule has 1 N–H and O–H groups in total. The third kappa shape index (κ3) is 4.93. The second kappa shape index (κ2) is 7.31. The SMILES string of the molecule is Cc1nc(C)c(CCNC(=O)CCc2ccc(F)cc2)s1. The third-order valence-corrected chi connectivity index (χ3v) is 4.36. The van der Waals surface area contributed by atoms with Crippen molar-refractivity contribution in [1.82, 2.24) is 10.3 Å². The highest BCUT2D eigenvalue weighted by atomic mass is 32.1. The van der Waals surface area contributed by atoms with Crippen molar-refractivity contribution >= 4 is 17.2 Å². The fourth-order valence-corrected chi connectivity index (χ4v) is 3.05. The molecule has 1 aromatic heterocycles. The van der Waals surface area contributed by atoms with E-state index >= 15 is 0 Å². The molecule has 1 amide bonds. The van der Waals surface area contributed by atoms with E-state index in [9.17, 15) is 9.18 Å². The minimum absolute atomic E-state index is 0.0261. The van der Waals surface area contributed by atoms with Crippen LogP contribution in [-0.2, 0) is 17.6 Å². The van der Waals surface area contributed by atoms with Crippen molar-refractivity contribution in [2.75, 3.05) is 6.54 Å². The maximum Gasteiger partial charge on any atom is 0.220 e. The van der Waals surface area contributed by atoms with E-state index in [2.05, 4.69) is 10.3 Å². The van der Waals surface area contributed by atoms with Crippen LogP contribution < -0.4 is 5.32 Å². The molecule has 0 radical (unpaired) electrons. The molecule has 0 saturated heterocycles. The second-order valence-corrected chi connectivity index (χ2v) is 6.26. The summed E-state index contributed by atoms with van der Waals surface area (Å²) in [6.07, 6.45) is 1.87. The third-order valence-electron chi connectivity index (χ3n) is 3.23. The number of hydrogen-bond acceptors (Lipinski definition) is 3. The van der Waals surface area contributed by atoms with Gasteiger partial charge in [-0.05, 0) is 38.0 Å². The van der Waals surface area contributed by atoms with E-state index in [-0.39, 0.29) is 11.7 Å². The summed E-state index contributed by atoms with van der Waals surface area (Å²) in [7, 11) is 0. The number of aryl methyl sites for hydroxylation is 3. The Labute approximate surface area is 128 Å². The monoisotopic (exact) mass is 306 g/mol. The van der Waals surface area contributed by atoms with Crippen molar-refractivity contribution in [3.05, 3.63) is 51.2 Å². The van der Waals surface area contributed by atoms with Crippen molar-refractivity contribution in [3.8, 4) is 0 Å². The van der Waals surface area contributed by atoms with Gasteiger partial charge in [-0.15, -0.1) is 11.3 Å². The summed E-state index contributed by atoms with van der Waals surface area (Å²) in [6, 6.07) is 6.27. The van der Waals surface area contributed by atoms with Gasteiger partial charge in [0.25, 0.3) is 0 Å². The fourth-order valence-electron chi connectivity index (χ4n) is 2.12. The smallest absolute Gasteiger partial charge is 0.220 e. The molecule has 2 rings (SSSR count). The molecule has 21 heavy (non-hydrogen) atoms. The molecule has 0 atom stereocenters. The van der Waals surface area contributed by atoms with Crippen LogP contribution in [0.3, 0.4) is 0 Å². The Morgan fingerprint density at radius 3 is 2.57 bits per heavy atom. The summed E-state index contributed by atoms with van der Waals surface area (Å²) in [5.41, 5.74) is 2.03. The lowest BCUT2D eigenvalue weighted by molar-refractivity contribution is -0.121. The molecule has 0 fully saturated rings. The normalized spacial score (nSPS) is 10.6. The molecular formula is C16H19FN2OS. The second-order valence-electron chi connectivity index (χ2n) is 4.97. The summed E-state index contributed by atoms with van der Waals surface area (Å²) in [5, 5.41) is 3.98. The van der Waals surface area contributed by atoms with Crippen LogP contribution in [0.2, 0.25) is 0 Å². The largest absolute Gasteiger partial charge is 0.356 e. The van der Waals surface area contributed by atoms with Crippen molar-refractivity contribution in [2.24, 2.45) is 0 Å². The number of nitrogens with zero attached hydrogens (tertiary/aromatic N) is 1. The lowest BCUT2D eigenvalue weighted by atomic mass is 10.1. The van der Waals surface area contributed by atoms with E-state index in [1.165, 1.54) is 17.0 Å². The standard InChI is InChI=1S/C16H19FN2OS/c1-11-15(21-12(2)19-11)9-10-18-16(20)8-5-13-3-6-14(17)7-4-13/h3-4,6-7H,5,8-10H2,1-2H3,(H,18,20). The lowest BCUT2D eigenvalue weighted by Gasteiger charge is -2.05. The summed E-state index contributed by atoms with van der Waals surface area (Å²) >= 11 is 1.68. The lowest BCUT2D eigenvalue weighted by Crippen LogP contribution is -2.25. The quantitative estimate of drug-likeness (QED) is 0.890. The van der Waals surface area contributed by atoms with E-state index in [0.29, 0.717) is 19.4 Å². The van der Waals surface area contributed by atoms with Gasteiger partial charge in [0, 0.05) is 24.3 Å². The highest BCUT2D eigenvalue weighted by Gasteiger charge is 2.06. The molecule has 2 aromatic rings. The Hall–Kier alpha value is -1.75. The van der Waals surface area contributed by atoms with Gasteiger partial charge in [0.1, 0.15) is 5.82 Å². The Balaban J connectivity index is 1.70. The molecular weight excluding hydrogens is 287 g/mol. The van der Waals surface area contributed by atoms with E-state index in [1.807, 2.05) is 13.8 Å². The fraction of sp³-hybridized carbons (Fsp3) is 0.375. The van der Waals surface area contributed by atoms with Gasteiger partial charge in [0.2, 0.25) is 5.91 Å². The first kappa shape index (κ1) is 15.6. The number of thiazole rings is 1. The van der Waals surface area contributed by atoms with Gasteiger partial charge in [0.15, 0.2) is 0 Å². The molecule has 3 nitrogen and oxygen atoms in total. The molecule has 0 aliphatic heterocycles. The number of carbonyl (C=O) groups is 1. The van der Waals surface area contributed by atoms with Gasteiger partial charge < -0.3 is 5.32 Å². The summed E-state index contributed by atoms with van der Waals surface area (Å²) < 4.78 is 12.8. The van der Waals surface area contributed by atoms with Crippen LogP contribution in [0.4, 0.5) is 4.39 Å². The number of nitrogens with one attached hydrogen (secondary N) is 1. The number of hydrogen-bond donors (Lipinski definition) is 1. The zero-order valence-corrected chi connectivity index (χ0v) is 13.1. The molecule has 5 heteroatoms. The molecule has 0 aliphatic rings. The Bertz CT molecular complexity index is 607. The number of carbonyl (C=O) groups excluding carboxylic acids is 1. The van der Waals surface area contributed by atoms with Crippen LogP contribution in [0.15, 0.2) is 24.3 Å². The van der Waals surface area contributed by atoms with Gasteiger partial charge in [-0.1, -0.05) is 12.1 Å². The Kier molecular flexibility index (Phi) is 5.44. The summed E-state index contributed by atoms with van der Waals surface area (Å²) in [4.78, 5) is 17.4. The number of aromatic nitrogens is 1. The van der Waals surface area contributed by atoms with E-state index in [1.54, 1.807) is 23.5 Å². The van der Waals surface area contributed by atoms with E-state index in [4.69, 9.17) is 0 Å². The van der Waals surface area contributed by atoms with Crippen molar-refractivity contribution in [3.63, 3.8) is 0 Å². The zero-order chi connectivity index (χ0) is 15.2. The first-order chi connectivity index (χ1) is 10.0. The number of halogens is 1. The maximum absolute atomic E-state index is 12.8. The van der Waals surface area contributed by atoms with E-state index in [0.717, 1.165) is 22.7 Å². The Morgan fingerprint density at radius 1 is 1.24 bits per heavy atom.